The molecule has 1 N–H and O–H groups in total. The quantitative estimate of drug-likeness (QED) is 0.465. The third kappa shape index (κ3) is 5.97. The van der Waals surface area contributed by atoms with Gasteiger partial charge in [-0.15, -0.1) is 11.3 Å². The molecule has 30 heavy (non-hydrogen) atoms. The Morgan fingerprint density at radius 2 is 2.10 bits per heavy atom. The van der Waals surface area contributed by atoms with Crippen LogP contribution in [0.25, 0.3) is 0 Å². The van der Waals surface area contributed by atoms with Gasteiger partial charge in [-0.05, 0) is 73.1 Å². The van der Waals surface area contributed by atoms with Crippen LogP contribution in [-0.2, 0) is 13.2 Å². The Bertz CT molecular complexity index is 940. The highest BCUT2D eigenvalue weighted by Gasteiger charge is 2.21. The molecule has 2 aromatic heterocycles. The molecule has 7 heteroatoms. The fraction of sp³-hybridized carbons (Fsp3) is 0.348. The first kappa shape index (κ1) is 21.2. The molecule has 0 radical (unpaired) electrons. The van der Waals surface area contributed by atoms with Gasteiger partial charge >= 0.3 is 0 Å². The van der Waals surface area contributed by atoms with E-state index in [9.17, 15) is 4.79 Å². The van der Waals surface area contributed by atoms with Crippen molar-refractivity contribution in [3.05, 3.63) is 74.8 Å². The molecule has 4 rings (SSSR count). The maximum atomic E-state index is 12.5. The van der Waals surface area contributed by atoms with Crippen LogP contribution in [0, 0.1) is 5.92 Å². The van der Waals surface area contributed by atoms with Crippen molar-refractivity contribution in [2.24, 2.45) is 5.92 Å². The fourth-order valence-corrected chi connectivity index (χ4v) is 4.68. The smallest absolute Gasteiger partial charge is 0.287 e. The van der Waals surface area contributed by atoms with Crippen LogP contribution in [0.15, 0.2) is 62.8 Å². The number of hydrogen-bond acceptors (Lipinski definition) is 5. The van der Waals surface area contributed by atoms with Crippen molar-refractivity contribution in [2.45, 2.75) is 26.0 Å². The second-order valence-electron chi connectivity index (χ2n) is 7.54. The first-order valence-electron chi connectivity index (χ1n) is 10.2. The van der Waals surface area contributed by atoms with Gasteiger partial charge in [0.15, 0.2) is 5.76 Å². The van der Waals surface area contributed by atoms with Crippen molar-refractivity contribution >= 4 is 33.2 Å². The predicted octanol–water partition coefficient (Wildman–Crippen LogP) is 5.32. The number of nitrogens with one attached hydrogen (secondary N) is 1. The summed E-state index contributed by atoms with van der Waals surface area (Å²) in [5.41, 5.74) is 0. The Hall–Kier alpha value is -2.09. The Labute approximate surface area is 189 Å². The van der Waals surface area contributed by atoms with E-state index in [1.165, 1.54) is 11.3 Å². The lowest BCUT2D eigenvalue weighted by atomic mass is 9.98. The summed E-state index contributed by atoms with van der Waals surface area (Å²) in [6.45, 7) is 4.10. The highest BCUT2D eigenvalue weighted by Crippen LogP contribution is 2.21. The second kappa shape index (κ2) is 10.3. The molecule has 0 aliphatic carbocycles. The number of furan rings is 1. The topological polar surface area (TPSA) is 54.7 Å². The van der Waals surface area contributed by atoms with Crippen LogP contribution in [0.1, 0.15) is 34.0 Å². The molecule has 1 aliphatic heterocycles. The van der Waals surface area contributed by atoms with Crippen LogP contribution in [0.3, 0.4) is 0 Å². The molecule has 1 unspecified atom stereocenters. The molecule has 1 saturated heterocycles. The monoisotopic (exact) mass is 488 g/mol. The van der Waals surface area contributed by atoms with Crippen LogP contribution < -0.4 is 10.1 Å². The van der Waals surface area contributed by atoms with E-state index in [-0.39, 0.29) is 12.5 Å². The molecule has 1 aromatic carbocycles. The zero-order chi connectivity index (χ0) is 20.8. The summed E-state index contributed by atoms with van der Waals surface area (Å²) in [5, 5.41) is 5.16. The molecule has 1 amide bonds. The van der Waals surface area contributed by atoms with Gasteiger partial charge in [-0.3, -0.25) is 9.69 Å². The number of benzene rings is 1. The van der Waals surface area contributed by atoms with Crippen LogP contribution in [0.2, 0.25) is 0 Å². The van der Waals surface area contributed by atoms with Gasteiger partial charge in [0.05, 0.1) is 0 Å². The van der Waals surface area contributed by atoms with E-state index < -0.39 is 0 Å². The standard InChI is InChI=1S/C23H25BrN2O3S/c24-18-5-7-19(8-6-18)28-16-20-9-10-22(29-20)23(27)25-13-17-3-1-11-26(14-17)15-21-4-2-12-30-21/h2,4-10,12,17H,1,3,11,13-16H2,(H,25,27). The Morgan fingerprint density at radius 3 is 2.90 bits per heavy atom. The van der Waals surface area contributed by atoms with Crippen molar-refractivity contribution in [3.8, 4) is 5.75 Å². The number of ether oxygens (including phenoxy) is 1. The molecule has 1 fully saturated rings. The van der Waals surface area contributed by atoms with E-state index in [4.69, 9.17) is 9.15 Å². The first-order valence-corrected chi connectivity index (χ1v) is 11.8. The van der Waals surface area contributed by atoms with Gasteiger partial charge in [0.2, 0.25) is 0 Å². The van der Waals surface area contributed by atoms with Gasteiger partial charge in [-0.2, -0.15) is 0 Å². The molecule has 0 spiro atoms. The average Bonchev–Trinajstić information content (AvgIpc) is 3.44. The predicted molar refractivity (Wildman–Crippen MR) is 122 cm³/mol. The number of nitrogens with zero attached hydrogens (tertiary/aromatic N) is 1. The number of thiophene rings is 1. The summed E-state index contributed by atoms with van der Waals surface area (Å²) in [7, 11) is 0. The molecular weight excluding hydrogens is 464 g/mol. The average molecular weight is 489 g/mol. The molecular formula is C23H25BrN2O3S. The Morgan fingerprint density at radius 1 is 1.23 bits per heavy atom. The summed E-state index contributed by atoms with van der Waals surface area (Å²) in [6, 6.07) is 15.4. The lowest BCUT2D eigenvalue weighted by Crippen LogP contribution is -2.40. The van der Waals surface area contributed by atoms with Gasteiger partial charge in [0, 0.05) is 29.0 Å². The van der Waals surface area contributed by atoms with Crippen LogP contribution in [0.5, 0.6) is 5.75 Å². The van der Waals surface area contributed by atoms with Crippen LogP contribution in [-0.4, -0.2) is 30.4 Å². The Balaban J connectivity index is 1.22. The summed E-state index contributed by atoms with van der Waals surface area (Å²) in [4.78, 5) is 16.4. The van der Waals surface area contributed by atoms with E-state index in [1.54, 1.807) is 23.5 Å². The number of hydrogen-bond donors (Lipinski definition) is 1. The minimum Gasteiger partial charge on any atom is -0.486 e. The highest BCUT2D eigenvalue weighted by atomic mass is 79.9. The Kier molecular flexibility index (Phi) is 7.25. The lowest BCUT2D eigenvalue weighted by Gasteiger charge is -2.32. The number of piperidine rings is 1. The van der Waals surface area contributed by atoms with Crippen molar-refractivity contribution in [3.63, 3.8) is 0 Å². The molecule has 0 bridgehead atoms. The number of halogens is 1. The van der Waals surface area contributed by atoms with Gasteiger partial charge in [-0.1, -0.05) is 22.0 Å². The van der Waals surface area contributed by atoms with Gasteiger partial charge in [-0.25, -0.2) is 0 Å². The summed E-state index contributed by atoms with van der Waals surface area (Å²) >= 11 is 5.20. The van der Waals surface area contributed by atoms with Crippen LogP contribution >= 0.6 is 27.3 Å². The van der Waals surface area contributed by atoms with Crippen molar-refractivity contribution in [1.29, 1.82) is 0 Å². The number of carbonyl (C=O) groups is 1. The molecule has 3 heterocycles. The van der Waals surface area contributed by atoms with Gasteiger partial charge in [0.25, 0.3) is 5.91 Å². The number of rotatable bonds is 8. The molecule has 1 atom stereocenters. The van der Waals surface area contributed by atoms with E-state index in [1.807, 2.05) is 24.3 Å². The second-order valence-corrected chi connectivity index (χ2v) is 9.49. The molecule has 3 aromatic rings. The third-order valence-electron chi connectivity index (χ3n) is 5.19. The number of carbonyl (C=O) groups excluding carboxylic acids is 1. The van der Waals surface area contributed by atoms with Gasteiger partial charge in [0.1, 0.15) is 18.1 Å². The maximum absolute atomic E-state index is 12.5. The van der Waals surface area contributed by atoms with E-state index >= 15 is 0 Å². The summed E-state index contributed by atoms with van der Waals surface area (Å²) in [5.74, 6) is 2.02. The van der Waals surface area contributed by atoms with Crippen molar-refractivity contribution in [1.82, 2.24) is 10.2 Å². The summed E-state index contributed by atoms with van der Waals surface area (Å²) in [6.07, 6.45) is 2.32. The lowest BCUT2D eigenvalue weighted by molar-refractivity contribution is 0.0899. The normalized spacial score (nSPS) is 17.0. The fourth-order valence-electron chi connectivity index (χ4n) is 3.67. The molecule has 1 aliphatic rings. The largest absolute Gasteiger partial charge is 0.486 e. The number of likely N-dealkylation sites (tertiary alicyclic amines) is 1. The van der Waals surface area contributed by atoms with Gasteiger partial charge < -0.3 is 14.5 Å². The third-order valence-corrected chi connectivity index (χ3v) is 6.58. The van der Waals surface area contributed by atoms with E-state index in [0.717, 1.165) is 36.3 Å². The molecule has 0 saturated carbocycles. The highest BCUT2D eigenvalue weighted by molar-refractivity contribution is 9.10. The zero-order valence-corrected chi connectivity index (χ0v) is 19.1. The SMILES string of the molecule is O=C(NCC1CCCN(Cc2cccs2)C1)c1ccc(COc2ccc(Br)cc2)o1. The maximum Gasteiger partial charge on any atom is 0.287 e. The minimum atomic E-state index is -0.166. The summed E-state index contributed by atoms with van der Waals surface area (Å²) < 4.78 is 12.4. The zero-order valence-electron chi connectivity index (χ0n) is 16.7. The van der Waals surface area contributed by atoms with Crippen molar-refractivity contribution < 1.29 is 13.9 Å². The first-order chi connectivity index (χ1) is 14.7. The number of amides is 1. The van der Waals surface area contributed by atoms with E-state index in [0.29, 0.717) is 24.0 Å². The molecule has 158 valence electrons. The van der Waals surface area contributed by atoms with Crippen LogP contribution in [0.4, 0.5) is 0 Å². The van der Waals surface area contributed by atoms with Crippen molar-refractivity contribution in [2.75, 3.05) is 19.6 Å². The molecule has 5 nitrogen and oxygen atoms in total. The minimum absolute atomic E-state index is 0.166. The van der Waals surface area contributed by atoms with E-state index in [2.05, 4.69) is 43.7 Å².